The van der Waals surface area contributed by atoms with Crippen LogP contribution in [0.2, 0.25) is 0 Å². The standard InChI is InChI=1S/C73H126O6/c1-4-7-10-13-16-18-20-22-24-26-28-29-30-31-32-33-34-35-36-37-38-39-40-41-42-43-45-46-48-50-52-54-57-60-63-66-72(75)78-69-70(68-77-71(74)65-62-59-56-15-12-9-6-3)79-73(76)67-64-61-58-55-53-51-49-47-44-27-25-23-21-19-17-14-11-8-5-2/h7,10,16,18,22,24,28-29,31-32,34-35,37-38,40-41,70H,4-6,8-9,11-15,17,19-21,23,25-27,30,33,36,39,42-69H2,1-3H3/b10-7-,18-16-,24-22-,29-28-,32-31-,35-34-,38-37-,41-40-. The Balaban J connectivity index is 4.08. The van der Waals surface area contributed by atoms with Gasteiger partial charge in [0.1, 0.15) is 13.2 Å². The Labute approximate surface area is 489 Å². The van der Waals surface area contributed by atoms with E-state index in [4.69, 9.17) is 14.2 Å². The quantitative estimate of drug-likeness (QED) is 0.0261. The summed E-state index contributed by atoms with van der Waals surface area (Å²) in [6.07, 6.45) is 90.2. The topological polar surface area (TPSA) is 78.9 Å². The van der Waals surface area contributed by atoms with Gasteiger partial charge in [0.15, 0.2) is 6.10 Å². The first-order chi connectivity index (χ1) is 39.0. The van der Waals surface area contributed by atoms with Gasteiger partial charge in [0.2, 0.25) is 0 Å². The van der Waals surface area contributed by atoms with Gasteiger partial charge in [-0.2, -0.15) is 0 Å². The molecule has 0 heterocycles. The van der Waals surface area contributed by atoms with Gasteiger partial charge in [-0.15, -0.1) is 0 Å². The van der Waals surface area contributed by atoms with Crippen LogP contribution in [0.3, 0.4) is 0 Å². The average Bonchev–Trinajstić information content (AvgIpc) is 3.45. The summed E-state index contributed by atoms with van der Waals surface area (Å²) in [5.74, 6) is -0.871. The molecule has 0 aliphatic heterocycles. The number of unbranched alkanes of at least 4 members (excludes halogenated alkanes) is 34. The highest BCUT2D eigenvalue weighted by molar-refractivity contribution is 5.71. The van der Waals surface area contributed by atoms with E-state index in [1.54, 1.807) is 0 Å². The van der Waals surface area contributed by atoms with Crippen LogP contribution >= 0.6 is 0 Å². The van der Waals surface area contributed by atoms with Crippen molar-refractivity contribution in [1.82, 2.24) is 0 Å². The zero-order chi connectivity index (χ0) is 57.1. The predicted molar refractivity (Wildman–Crippen MR) is 344 cm³/mol. The molecule has 0 aliphatic carbocycles. The van der Waals surface area contributed by atoms with Crippen LogP contribution in [0.1, 0.15) is 329 Å². The van der Waals surface area contributed by atoms with Crippen molar-refractivity contribution in [1.29, 1.82) is 0 Å². The Kier molecular flexibility index (Phi) is 63.7. The Morgan fingerprint density at radius 2 is 0.494 bits per heavy atom. The molecule has 0 aromatic rings. The lowest BCUT2D eigenvalue weighted by atomic mass is 10.0. The molecular weight excluding hydrogens is 973 g/mol. The van der Waals surface area contributed by atoms with Crippen LogP contribution in [-0.4, -0.2) is 37.2 Å². The Bertz CT molecular complexity index is 1540. The summed E-state index contributed by atoms with van der Waals surface area (Å²) in [5.41, 5.74) is 0. The van der Waals surface area contributed by atoms with Crippen LogP contribution in [-0.2, 0) is 28.6 Å². The molecule has 0 spiro atoms. The molecule has 0 saturated carbocycles. The third kappa shape index (κ3) is 65.0. The highest BCUT2D eigenvalue weighted by atomic mass is 16.6. The molecule has 6 nitrogen and oxygen atoms in total. The lowest BCUT2D eigenvalue weighted by Gasteiger charge is -2.18. The molecule has 454 valence electrons. The number of ether oxygens (including phenoxy) is 3. The molecular formula is C73H126O6. The van der Waals surface area contributed by atoms with Crippen molar-refractivity contribution in [3.63, 3.8) is 0 Å². The van der Waals surface area contributed by atoms with Crippen LogP contribution < -0.4 is 0 Å². The van der Waals surface area contributed by atoms with Crippen LogP contribution in [0.15, 0.2) is 97.2 Å². The van der Waals surface area contributed by atoms with E-state index in [0.717, 1.165) is 109 Å². The molecule has 6 heteroatoms. The second kappa shape index (κ2) is 66.8. The van der Waals surface area contributed by atoms with Crippen molar-refractivity contribution in [3.8, 4) is 0 Å². The lowest BCUT2D eigenvalue weighted by Crippen LogP contribution is -2.30. The third-order valence-electron chi connectivity index (χ3n) is 14.6. The molecule has 0 rings (SSSR count). The first-order valence-electron chi connectivity index (χ1n) is 33.7. The monoisotopic (exact) mass is 1100 g/mol. The second-order valence-electron chi connectivity index (χ2n) is 22.4. The maximum Gasteiger partial charge on any atom is 0.306 e. The Morgan fingerprint density at radius 3 is 0.772 bits per heavy atom. The fourth-order valence-electron chi connectivity index (χ4n) is 9.58. The van der Waals surface area contributed by atoms with Gasteiger partial charge in [-0.05, 0) is 83.5 Å². The molecule has 0 bridgehead atoms. The summed E-state index contributed by atoms with van der Waals surface area (Å²) in [6.45, 7) is 6.52. The maximum absolute atomic E-state index is 12.9. The van der Waals surface area contributed by atoms with E-state index >= 15 is 0 Å². The van der Waals surface area contributed by atoms with Gasteiger partial charge in [0.25, 0.3) is 0 Å². The lowest BCUT2D eigenvalue weighted by molar-refractivity contribution is -0.167. The van der Waals surface area contributed by atoms with Crippen molar-refractivity contribution >= 4 is 17.9 Å². The van der Waals surface area contributed by atoms with Gasteiger partial charge in [-0.25, -0.2) is 0 Å². The van der Waals surface area contributed by atoms with Crippen LogP contribution in [0.5, 0.6) is 0 Å². The molecule has 79 heavy (non-hydrogen) atoms. The fraction of sp³-hybridized carbons (Fsp3) is 0.740. The van der Waals surface area contributed by atoms with Crippen molar-refractivity contribution in [2.75, 3.05) is 13.2 Å². The average molecular weight is 1100 g/mol. The van der Waals surface area contributed by atoms with E-state index in [1.807, 2.05) is 0 Å². The van der Waals surface area contributed by atoms with Gasteiger partial charge in [-0.1, -0.05) is 323 Å². The number of carbonyl (C=O) groups is 3. The van der Waals surface area contributed by atoms with Crippen molar-refractivity contribution in [2.24, 2.45) is 0 Å². The van der Waals surface area contributed by atoms with E-state index in [1.165, 1.54) is 180 Å². The Hall–Kier alpha value is -3.67. The molecule has 1 unspecified atom stereocenters. The molecule has 0 fully saturated rings. The van der Waals surface area contributed by atoms with Crippen molar-refractivity contribution in [3.05, 3.63) is 97.2 Å². The smallest absolute Gasteiger partial charge is 0.306 e. The zero-order valence-electron chi connectivity index (χ0n) is 52.1. The number of rotatable bonds is 61. The van der Waals surface area contributed by atoms with E-state index < -0.39 is 6.10 Å². The SMILES string of the molecule is CC/C=C\C/C=C\C/C=C\C/C=C\C/C=C\C/C=C\C/C=C\C/C=C\CCCCCCCCCCCCC(=O)OCC(COC(=O)CCCCCCCCC)OC(=O)CCCCCCCCCCCCCCCCCCCCC. The minimum Gasteiger partial charge on any atom is -0.462 e. The van der Waals surface area contributed by atoms with Gasteiger partial charge >= 0.3 is 17.9 Å². The first kappa shape index (κ1) is 75.3. The minimum atomic E-state index is -0.774. The normalized spacial score (nSPS) is 12.7. The number of hydrogen-bond donors (Lipinski definition) is 0. The number of allylic oxidation sites excluding steroid dienone is 16. The molecule has 0 aromatic carbocycles. The maximum atomic E-state index is 12.9. The fourth-order valence-corrected chi connectivity index (χ4v) is 9.58. The van der Waals surface area contributed by atoms with Gasteiger partial charge in [0.05, 0.1) is 0 Å². The second-order valence-corrected chi connectivity index (χ2v) is 22.4. The highest BCUT2D eigenvalue weighted by Crippen LogP contribution is 2.17. The summed E-state index contributed by atoms with van der Waals surface area (Å²) in [7, 11) is 0. The van der Waals surface area contributed by atoms with Gasteiger partial charge in [0, 0.05) is 19.3 Å². The van der Waals surface area contributed by atoms with Gasteiger partial charge < -0.3 is 14.2 Å². The summed E-state index contributed by atoms with van der Waals surface area (Å²) in [6, 6.07) is 0. The summed E-state index contributed by atoms with van der Waals surface area (Å²) >= 11 is 0. The number of hydrogen-bond acceptors (Lipinski definition) is 6. The highest BCUT2D eigenvalue weighted by Gasteiger charge is 2.19. The Morgan fingerprint density at radius 1 is 0.266 bits per heavy atom. The van der Waals surface area contributed by atoms with E-state index in [2.05, 4.69) is 118 Å². The number of esters is 3. The van der Waals surface area contributed by atoms with Crippen LogP contribution in [0.4, 0.5) is 0 Å². The van der Waals surface area contributed by atoms with Gasteiger partial charge in [-0.3, -0.25) is 14.4 Å². The molecule has 0 N–H and O–H groups in total. The molecule has 0 aromatic heterocycles. The number of carbonyl (C=O) groups excluding carboxylic acids is 3. The van der Waals surface area contributed by atoms with E-state index in [9.17, 15) is 14.4 Å². The van der Waals surface area contributed by atoms with E-state index in [0.29, 0.717) is 19.3 Å². The van der Waals surface area contributed by atoms with Crippen LogP contribution in [0, 0.1) is 0 Å². The van der Waals surface area contributed by atoms with Crippen LogP contribution in [0.25, 0.3) is 0 Å². The molecule has 0 aliphatic rings. The third-order valence-corrected chi connectivity index (χ3v) is 14.6. The summed E-state index contributed by atoms with van der Waals surface area (Å²) < 4.78 is 16.9. The van der Waals surface area contributed by atoms with Crippen molar-refractivity contribution < 1.29 is 28.6 Å². The summed E-state index contributed by atoms with van der Waals surface area (Å²) in [5, 5.41) is 0. The first-order valence-corrected chi connectivity index (χ1v) is 33.7. The summed E-state index contributed by atoms with van der Waals surface area (Å²) in [4.78, 5) is 38.1. The molecule has 0 radical (unpaired) electrons. The molecule has 0 amide bonds. The van der Waals surface area contributed by atoms with Crippen molar-refractivity contribution in [2.45, 2.75) is 335 Å². The largest absolute Gasteiger partial charge is 0.462 e. The zero-order valence-corrected chi connectivity index (χ0v) is 52.1. The van der Waals surface area contributed by atoms with E-state index in [-0.39, 0.29) is 31.1 Å². The molecule has 1 atom stereocenters. The molecule has 0 saturated heterocycles. The minimum absolute atomic E-state index is 0.0737. The predicted octanol–water partition coefficient (Wildman–Crippen LogP) is 23.2.